The minimum atomic E-state index is -0.891. The zero-order chi connectivity index (χ0) is 17.2. The van der Waals surface area contributed by atoms with Gasteiger partial charge in [-0.2, -0.15) is 4.98 Å². The van der Waals surface area contributed by atoms with E-state index in [1.54, 1.807) is 6.20 Å². The monoisotopic (exact) mass is 336 g/mol. The van der Waals surface area contributed by atoms with E-state index in [4.69, 9.17) is 5.11 Å². The average Bonchev–Trinajstić information content (AvgIpc) is 2.68. The van der Waals surface area contributed by atoms with Crippen LogP contribution in [0.1, 0.15) is 0 Å². The number of fused-ring (bicyclic) bond motifs is 1. The molecule has 4 rings (SSSR count). The number of benzene rings is 1. The molecule has 8 nitrogen and oxygen atoms in total. The third-order valence-electron chi connectivity index (χ3n) is 4.24. The van der Waals surface area contributed by atoms with Gasteiger partial charge in [0.1, 0.15) is 6.33 Å². The summed E-state index contributed by atoms with van der Waals surface area (Å²) in [5.41, 5.74) is 1.75. The molecule has 1 aliphatic rings. The number of anilines is 1. The van der Waals surface area contributed by atoms with Crippen molar-refractivity contribution in [1.29, 1.82) is 0 Å². The van der Waals surface area contributed by atoms with E-state index in [9.17, 15) is 4.79 Å². The predicted molar refractivity (Wildman–Crippen MR) is 92.4 cm³/mol. The third-order valence-corrected chi connectivity index (χ3v) is 4.24. The van der Waals surface area contributed by atoms with E-state index in [1.807, 2.05) is 35.2 Å². The van der Waals surface area contributed by atoms with Gasteiger partial charge in [0.25, 0.3) is 0 Å². The first-order chi connectivity index (χ1) is 12.2. The molecule has 0 atom stereocenters. The Hall–Kier alpha value is -3.29. The SMILES string of the molecule is O=C(O)N1CCN(c2ncnc(-c3cnc4ccccc4c3)n2)CC1. The van der Waals surface area contributed by atoms with Gasteiger partial charge in [0, 0.05) is 43.3 Å². The second-order valence-corrected chi connectivity index (χ2v) is 5.78. The summed E-state index contributed by atoms with van der Waals surface area (Å²) in [5, 5.41) is 10.1. The molecule has 1 saturated heterocycles. The predicted octanol–water partition coefficient (Wildman–Crippen LogP) is 1.89. The van der Waals surface area contributed by atoms with Gasteiger partial charge >= 0.3 is 6.09 Å². The molecule has 1 fully saturated rings. The number of carboxylic acid groups (broad SMARTS) is 1. The van der Waals surface area contributed by atoms with Crippen LogP contribution in [0.15, 0.2) is 42.9 Å². The zero-order valence-corrected chi connectivity index (χ0v) is 13.4. The van der Waals surface area contributed by atoms with Crippen LogP contribution in [-0.2, 0) is 0 Å². The van der Waals surface area contributed by atoms with E-state index in [-0.39, 0.29) is 0 Å². The fourth-order valence-electron chi connectivity index (χ4n) is 2.87. The van der Waals surface area contributed by atoms with Crippen molar-refractivity contribution in [2.75, 3.05) is 31.1 Å². The van der Waals surface area contributed by atoms with Gasteiger partial charge in [-0.15, -0.1) is 0 Å². The van der Waals surface area contributed by atoms with Crippen LogP contribution in [0.2, 0.25) is 0 Å². The minimum absolute atomic E-state index is 0.438. The molecular weight excluding hydrogens is 320 g/mol. The molecule has 8 heteroatoms. The lowest BCUT2D eigenvalue weighted by Crippen LogP contribution is -2.48. The molecule has 0 unspecified atom stereocenters. The number of para-hydroxylation sites is 1. The Morgan fingerprint density at radius 3 is 2.64 bits per heavy atom. The molecule has 3 heterocycles. The summed E-state index contributed by atoms with van der Waals surface area (Å²) < 4.78 is 0. The molecule has 1 aromatic carbocycles. The highest BCUT2D eigenvalue weighted by molar-refractivity contribution is 5.82. The van der Waals surface area contributed by atoms with Crippen molar-refractivity contribution in [1.82, 2.24) is 24.8 Å². The van der Waals surface area contributed by atoms with Crippen molar-refractivity contribution in [3.63, 3.8) is 0 Å². The summed E-state index contributed by atoms with van der Waals surface area (Å²) >= 11 is 0. The number of amides is 1. The lowest BCUT2D eigenvalue weighted by atomic mass is 10.1. The molecule has 1 aliphatic heterocycles. The minimum Gasteiger partial charge on any atom is -0.465 e. The van der Waals surface area contributed by atoms with Crippen molar-refractivity contribution in [2.24, 2.45) is 0 Å². The van der Waals surface area contributed by atoms with Crippen LogP contribution in [0.4, 0.5) is 10.7 Å². The van der Waals surface area contributed by atoms with Crippen molar-refractivity contribution in [3.8, 4) is 11.4 Å². The third kappa shape index (κ3) is 3.06. The summed E-state index contributed by atoms with van der Waals surface area (Å²) in [5.74, 6) is 1.12. The topological polar surface area (TPSA) is 95.3 Å². The average molecular weight is 336 g/mol. The zero-order valence-electron chi connectivity index (χ0n) is 13.4. The number of carbonyl (C=O) groups is 1. The summed E-state index contributed by atoms with van der Waals surface area (Å²) in [6.45, 7) is 2.00. The number of hydrogen-bond acceptors (Lipinski definition) is 6. The summed E-state index contributed by atoms with van der Waals surface area (Å²) in [6.07, 6.45) is 2.35. The number of aromatic nitrogens is 4. The normalized spacial score (nSPS) is 14.7. The molecule has 25 heavy (non-hydrogen) atoms. The smallest absolute Gasteiger partial charge is 0.407 e. The maximum Gasteiger partial charge on any atom is 0.407 e. The fraction of sp³-hybridized carbons (Fsp3) is 0.235. The van der Waals surface area contributed by atoms with Crippen molar-refractivity contribution < 1.29 is 9.90 Å². The largest absolute Gasteiger partial charge is 0.465 e. The summed E-state index contributed by atoms with van der Waals surface area (Å²) in [4.78, 5) is 31.9. The molecule has 0 spiro atoms. The van der Waals surface area contributed by atoms with Crippen LogP contribution in [0.5, 0.6) is 0 Å². The van der Waals surface area contributed by atoms with Gasteiger partial charge in [-0.05, 0) is 12.1 Å². The van der Waals surface area contributed by atoms with Gasteiger partial charge in [-0.25, -0.2) is 14.8 Å². The Labute approximate surface area is 143 Å². The van der Waals surface area contributed by atoms with Crippen molar-refractivity contribution >= 4 is 22.9 Å². The Bertz CT molecular complexity index is 924. The number of nitrogens with zero attached hydrogens (tertiary/aromatic N) is 6. The highest BCUT2D eigenvalue weighted by atomic mass is 16.4. The van der Waals surface area contributed by atoms with E-state index in [0.717, 1.165) is 16.5 Å². The van der Waals surface area contributed by atoms with Crippen LogP contribution < -0.4 is 4.90 Å². The van der Waals surface area contributed by atoms with Crippen LogP contribution in [0.25, 0.3) is 22.3 Å². The number of piperazine rings is 1. The molecule has 0 aliphatic carbocycles. The van der Waals surface area contributed by atoms with Crippen LogP contribution in [-0.4, -0.2) is 62.2 Å². The lowest BCUT2D eigenvalue weighted by Gasteiger charge is -2.32. The van der Waals surface area contributed by atoms with E-state index >= 15 is 0 Å². The molecule has 0 bridgehead atoms. The molecule has 3 aromatic rings. The second kappa shape index (κ2) is 6.31. The van der Waals surface area contributed by atoms with Gasteiger partial charge in [0.15, 0.2) is 5.82 Å². The highest BCUT2D eigenvalue weighted by Gasteiger charge is 2.22. The Balaban J connectivity index is 1.59. The van der Waals surface area contributed by atoms with Crippen LogP contribution in [0.3, 0.4) is 0 Å². The van der Waals surface area contributed by atoms with Gasteiger partial charge in [0.2, 0.25) is 5.95 Å². The number of rotatable bonds is 2. The quantitative estimate of drug-likeness (QED) is 0.763. The van der Waals surface area contributed by atoms with Crippen LogP contribution in [0, 0.1) is 0 Å². The molecule has 1 amide bonds. The molecule has 126 valence electrons. The molecule has 0 radical (unpaired) electrons. The van der Waals surface area contributed by atoms with Crippen LogP contribution >= 0.6 is 0 Å². The first-order valence-electron chi connectivity index (χ1n) is 7.98. The Morgan fingerprint density at radius 2 is 1.84 bits per heavy atom. The highest BCUT2D eigenvalue weighted by Crippen LogP contribution is 2.21. The summed E-state index contributed by atoms with van der Waals surface area (Å²) in [6, 6.07) is 9.88. The van der Waals surface area contributed by atoms with Gasteiger partial charge in [-0.3, -0.25) is 4.98 Å². The first kappa shape index (κ1) is 15.3. The molecule has 2 aromatic heterocycles. The van der Waals surface area contributed by atoms with Crippen molar-refractivity contribution in [2.45, 2.75) is 0 Å². The standard InChI is InChI=1S/C17H16N6O2/c24-17(25)23-7-5-22(6-8-23)16-20-11-19-15(21-16)13-9-12-3-1-2-4-14(12)18-10-13/h1-4,9-11H,5-8H2,(H,24,25). The lowest BCUT2D eigenvalue weighted by molar-refractivity contribution is 0.142. The number of hydrogen-bond donors (Lipinski definition) is 1. The maximum atomic E-state index is 11.0. The van der Waals surface area contributed by atoms with Gasteiger partial charge in [-0.1, -0.05) is 18.2 Å². The molecule has 1 N–H and O–H groups in total. The summed E-state index contributed by atoms with van der Waals surface area (Å²) in [7, 11) is 0. The van der Waals surface area contributed by atoms with E-state index < -0.39 is 6.09 Å². The van der Waals surface area contributed by atoms with Gasteiger partial charge < -0.3 is 14.9 Å². The number of pyridine rings is 1. The molecular formula is C17H16N6O2. The van der Waals surface area contributed by atoms with E-state index in [1.165, 1.54) is 11.2 Å². The fourth-order valence-corrected chi connectivity index (χ4v) is 2.87. The molecule has 0 saturated carbocycles. The Morgan fingerprint density at radius 1 is 1.04 bits per heavy atom. The van der Waals surface area contributed by atoms with Gasteiger partial charge in [0.05, 0.1) is 5.52 Å². The Kier molecular flexibility index (Phi) is 3.85. The van der Waals surface area contributed by atoms with Crippen molar-refractivity contribution in [3.05, 3.63) is 42.9 Å². The maximum absolute atomic E-state index is 11.0. The first-order valence-corrected chi connectivity index (χ1v) is 7.98. The van der Waals surface area contributed by atoms with E-state index in [0.29, 0.717) is 38.0 Å². The second-order valence-electron chi connectivity index (χ2n) is 5.78. The van der Waals surface area contributed by atoms with E-state index in [2.05, 4.69) is 19.9 Å².